The van der Waals surface area contributed by atoms with Crippen LogP contribution in [0, 0.1) is 10.1 Å². The molecule has 0 saturated heterocycles. The van der Waals surface area contributed by atoms with Gasteiger partial charge in [0, 0.05) is 23.3 Å². The third-order valence-corrected chi connectivity index (χ3v) is 3.52. The van der Waals surface area contributed by atoms with Crippen molar-refractivity contribution in [1.82, 2.24) is 0 Å². The molecule has 0 unspecified atom stereocenters. The van der Waals surface area contributed by atoms with Gasteiger partial charge < -0.3 is 5.73 Å². The summed E-state index contributed by atoms with van der Waals surface area (Å²) in [5.41, 5.74) is 6.62. The van der Waals surface area contributed by atoms with Gasteiger partial charge >= 0.3 is 0 Å². The largest absolute Gasteiger partial charge is 0.395 e. The lowest BCUT2D eigenvalue weighted by atomic mass is 9.84. The van der Waals surface area contributed by atoms with Crippen molar-refractivity contribution in [1.29, 1.82) is 0 Å². The number of carbonyl (C=O) groups excluding carboxylic acids is 2. The average Bonchev–Trinajstić information content (AvgIpc) is 2.53. The van der Waals surface area contributed by atoms with E-state index in [4.69, 9.17) is 5.73 Å². The number of nitrogens with two attached hydrogens (primary N) is 1. The lowest BCUT2D eigenvalue weighted by molar-refractivity contribution is -0.384. The van der Waals surface area contributed by atoms with Crippen LogP contribution in [0.2, 0.25) is 0 Å². The molecule has 0 fully saturated rings. The second-order valence-electron chi connectivity index (χ2n) is 4.80. The van der Waals surface area contributed by atoms with Crippen LogP contribution < -0.4 is 5.73 Å². The molecule has 6 nitrogen and oxygen atoms in total. The van der Waals surface area contributed by atoms with Gasteiger partial charge in [0.1, 0.15) is 0 Å². The molecule has 22 heavy (non-hydrogen) atoms. The van der Waals surface area contributed by atoms with Gasteiger partial charge in [-0.1, -0.05) is 24.3 Å². The first-order valence-corrected chi connectivity index (χ1v) is 6.43. The van der Waals surface area contributed by atoms with Crippen LogP contribution in [-0.2, 0) is 0 Å². The van der Waals surface area contributed by atoms with E-state index < -0.39 is 10.7 Å². The minimum absolute atomic E-state index is 0.0820. The van der Waals surface area contributed by atoms with Gasteiger partial charge in [0.05, 0.1) is 16.2 Å². The highest BCUT2D eigenvalue weighted by atomic mass is 16.6. The summed E-state index contributed by atoms with van der Waals surface area (Å²) < 4.78 is 0. The molecular weight excluding hydrogens is 284 g/mol. The Bertz CT molecular complexity index is 851. The van der Waals surface area contributed by atoms with Crippen LogP contribution in [0.4, 0.5) is 5.69 Å². The van der Waals surface area contributed by atoms with E-state index in [9.17, 15) is 19.7 Å². The van der Waals surface area contributed by atoms with Crippen molar-refractivity contribution in [2.75, 3.05) is 0 Å². The molecule has 0 radical (unpaired) electrons. The molecule has 2 N–H and O–H groups in total. The molecule has 0 heterocycles. The van der Waals surface area contributed by atoms with Crippen molar-refractivity contribution in [3.63, 3.8) is 0 Å². The van der Waals surface area contributed by atoms with E-state index in [1.54, 1.807) is 24.3 Å². The van der Waals surface area contributed by atoms with Crippen LogP contribution in [0.15, 0.2) is 54.2 Å². The van der Waals surface area contributed by atoms with Gasteiger partial charge in [0.2, 0.25) is 5.78 Å². The SMILES string of the molecule is NC1=C(c2ccc([N+](=O)[O-])cc2)C(=O)c2ccccc2C1=O. The molecule has 0 bridgehead atoms. The molecule has 6 heteroatoms. The first-order valence-electron chi connectivity index (χ1n) is 6.43. The molecular formula is C16H10N2O4. The highest BCUT2D eigenvalue weighted by Gasteiger charge is 2.31. The fraction of sp³-hybridized carbons (Fsp3) is 0. The van der Waals surface area contributed by atoms with Gasteiger partial charge in [-0.25, -0.2) is 0 Å². The van der Waals surface area contributed by atoms with E-state index in [1.165, 1.54) is 24.3 Å². The number of fused-ring (bicyclic) bond motifs is 1. The van der Waals surface area contributed by atoms with Crippen LogP contribution in [-0.4, -0.2) is 16.5 Å². The number of hydrogen-bond donors (Lipinski definition) is 1. The highest BCUT2D eigenvalue weighted by molar-refractivity contribution is 6.40. The zero-order valence-electron chi connectivity index (χ0n) is 11.3. The molecule has 0 atom stereocenters. The molecule has 1 aliphatic rings. The van der Waals surface area contributed by atoms with Crippen molar-refractivity contribution in [3.05, 3.63) is 81.0 Å². The Hall–Kier alpha value is -3.28. The maximum atomic E-state index is 12.6. The molecule has 3 rings (SSSR count). The number of benzene rings is 2. The number of hydrogen-bond acceptors (Lipinski definition) is 5. The lowest BCUT2D eigenvalue weighted by Gasteiger charge is -2.18. The van der Waals surface area contributed by atoms with Gasteiger partial charge in [-0.15, -0.1) is 0 Å². The Morgan fingerprint density at radius 2 is 1.41 bits per heavy atom. The van der Waals surface area contributed by atoms with Crippen molar-refractivity contribution in [2.24, 2.45) is 5.73 Å². The summed E-state index contributed by atoms with van der Waals surface area (Å²) in [7, 11) is 0. The first kappa shape index (κ1) is 13.7. The molecule has 0 aromatic heterocycles. The van der Waals surface area contributed by atoms with E-state index >= 15 is 0 Å². The minimum atomic E-state index is -0.537. The minimum Gasteiger partial charge on any atom is -0.395 e. The standard InChI is InChI=1S/C16H10N2O4/c17-14-13(9-5-7-10(8-6-9)18(21)22)15(19)11-3-1-2-4-12(11)16(14)20/h1-8H,17H2. The fourth-order valence-corrected chi connectivity index (χ4v) is 2.43. The average molecular weight is 294 g/mol. The third kappa shape index (κ3) is 1.98. The summed E-state index contributed by atoms with van der Waals surface area (Å²) in [6.45, 7) is 0. The Balaban J connectivity index is 2.14. The van der Waals surface area contributed by atoms with Crippen molar-refractivity contribution < 1.29 is 14.5 Å². The summed E-state index contributed by atoms with van der Waals surface area (Å²) in [4.78, 5) is 35.0. The summed E-state index contributed by atoms with van der Waals surface area (Å²) in [5, 5.41) is 10.7. The van der Waals surface area contributed by atoms with Gasteiger partial charge in [0.15, 0.2) is 5.78 Å². The summed E-state index contributed by atoms with van der Waals surface area (Å²) in [6, 6.07) is 11.8. The van der Waals surface area contributed by atoms with E-state index in [1.807, 2.05) is 0 Å². The molecule has 0 spiro atoms. The smallest absolute Gasteiger partial charge is 0.269 e. The number of nitro benzene ring substituents is 1. The van der Waals surface area contributed by atoms with Crippen molar-refractivity contribution in [3.8, 4) is 0 Å². The summed E-state index contributed by atoms with van der Waals surface area (Å²) in [5.74, 6) is -0.773. The van der Waals surface area contributed by atoms with E-state index in [2.05, 4.69) is 0 Å². The van der Waals surface area contributed by atoms with Crippen molar-refractivity contribution in [2.45, 2.75) is 0 Å². The predicted molar refractivity (Wildman–Crippen MR) is 79.3 cm³/mol. The zero-order valence-corrected chi connectivity index (χ0v) is 11.3. The Kier molecular flexibility index (Phi) is 3.06. The maximum absolute atomic E-state index is 12.6. The maximum Gasteiger partial charge on any atom is 0.269 e. The van der Waals surface area contributed by atoms with Crippen LogP contribution in [0.5, 0.6) is 0 Å². The highest BCUT2D eigenvalue weighted by Crippen LogP contribution is 2.31. The van der Waals surface area contributed by atoms with Crippen LogP contribution in [0.25, 0.3) is 5.57 Å². The quantitative estimate of drug-likeness (QED) is 0.676. The number of allylic oxidation sites excluding steroid dienone is 2. The molecule has 0 aliphatic heterocycles. The first-order chi connectivity index (χ1) is 10.5. The van der Waals surface area contributed by atoms with Crippen LogP contribution in [0.3, 0.4) is 0 Å². The predicted octanol–water partition coefficient (Wildman–Crippen LogP) is 2.34. The number of rotatable bonds is 2. The second kappa shape index (κ2) is 4.92. The van der Waals surface area contributed by atoms with Gasteiger partial charge in [-0.05, 0) is 17.7 Å². The number of non-ortho nitro benzene ring substituents is 1. The summed E-state index contributed by atoms with van der Waals surface area (Å²) >= 11 is 0. The molecule has 1 aliphatic carbocycles. The number of nitrogens with zero attached hydrogens (tertiary/aromatic N) is 1. The van der Waals surface area contributed by atoms with Gasteiger partial charge in [-0.3, -0.25) is 19.7 Å². The monoisotopic (exact) mass is 294 g/mol. The Labute approximate surface area is 125 Å². The molecule has 108 valence electrons. The van der Waals surface area contributed by atoms with E-state index in [-0.39, 0.29) is 33.9 Å². The van der Waals surface area contributed by atoms with E-state index in [0.29, 0.717) is 5.56 Å². The third-order valence-electron chi connectivity index (χ3n) is 3.52. The fourth-order valence-electron chi connectivity index (χ4n) is 2.43. The number of ketones is 2. The number of Topliss-reactive ketones (excluding diaryl/α,β-unsaturated/α-hetero) is 2. The Morgan fingerprint density at radius 1 is 0.864 bits per heavy atom. The molecule has 2 aromatic carbocycles. The van der Waals surface area contributed by atoms with E-state index in [0.717, 1.165) is 0 Å². The topological polar surface area (TPSA) is 103 Å². The molecule has 0 saturated carbocycles. The Morgan fingerprint density at radius 3 is 1.95 bits per heavy atom. The number of carbonyl (C=O) groups is 2. The van der Waals surface area contributed by atoms with Gasteiger partial charge in [-0.2, -0.15) is 0 Å². The van der Waals surface area contributed by atoms with Gasteiger partial charge in [0.25, 0.3) is 5.69 Å². The van der Waals surface area contributed by atoms with Crippen LogP contribution in [0.1, 0.15) is 26.3 Å². The molecule has 2 aromatic rings. The number of nitro groups is 1. The summed E-state index contributed by atoms with van der Waals surface area (Å²) in [6.07, 6.45) is 0. The van der Waals surface area contributed by atoms with Crippen LogP contribution >= 0.6 is 0 Å². The molecule has 0 amide bonds. The zero-order chi connectivity index (χ0) is 15.9. The normalized spacial score (nSPS) is 14.0. The second-order valence-corrected chi connectivity index (χ2v) is 4.80. The van der Waals surface area contributed by atoms with Crippen molar-refractivity contribution >= 4 is 22.8 Å². The lowest BCUT2D eigenvalue weighted by Crippen LogP contribution is -2.25.